The van der Waals surface area contributed by atoms with Crippen molar-refractivity contribution in [2.24, 2.45) is 0 Å². The summed E-state index contributed by atoms with van der Waals surface area (Å²) in [5, 5.41) is 9.21. The van der Waals surface area contributed by atoms with E-state index in [1.807, 2.05) is 6.92 Å². The Bertz CT molecular complexity index is 535. The van der Waals surface area contributed by atoms with Crippen molar-refractivity contribution in [2.45, 2.75) is 31.3 Å². The second-order valence-electron chi connectivity index (χ2n) is 4.44. The van der Waals surface area contributed by atoms with Gasteiger partial charge in [-0.25, -0.2) is 4.79 Å². The third-order valence-electron chi connectivity index (χ3n) is 3.11. The van der Waals surface area contributed by atoms with E-state index >= 15 is 0 Å². The zero-order chi connectivity index (χ0) is 14.5. The average molecular weight is 295 g/mol. The van der Waals surface area contributed by atoms with Gasteiger partial charge in [-0.1, -0.05) is 17.8 Å². The standard InChI is InChI=1S/C14H17NO4S/c1-2-15(10-5-3-4-6-10)12(16)9-20-13-8-7-11(19-13)14(17)18/h5,7-8H,2-4,6,9H2,1H3,(H,17,18). The first-order valence-electron chi connectivity index (χ1n) is 6.57. The van der Waals surface area contributed by atoms with E-state index in [-0.39, 0.29) is 17.4 Å². The molecule has 1 amide bonds. The van der Waals surface area contributed by atoms with E-state index in [0.29, 0.717) is 11.6 Å². The second kappa shape index (κ2) is 6.65. The minimum Gasteiger partial charge on any atom is -0.475 e. The van der Waals surface area contributed by atoms with Gasteiger partial charge in [0.15, 0.2) is 5.09 Å². The fraction of sp³-hybridized carbons (Fsp3) is 0.429. The highest BCUT2D eigenvalue weighted by Crippen LogP contribution is 2.25. The molecule has 0 bridgehead atoms. The van der Waals surface area contributed by atoms with Crippen LogP contribution in [0.3, 0.4) is 0 Å². The molecule has 1 aromatic heterocycles. The van der Waals surface area contributed by atoms with Gasteiger partial charge in [-0.2, -0.15) is 0 Å². The molecule has 108 valence electrons. The summed E-state index contributed by atoms with van der Waals surface area (Å²) in [6.45, 7) is 2.61. The van der Waals surface area contributed by atoms with E-state index in [1.165, 1.54) is 17.8 Å². The maximum atomic E-state index is 12.2. The van der Waals surface area contributed by atoms with Gasteiger partial charge in [0.05, 0.1) is 5.75 Å². The van der Waals surface area contributed by atoms with Crippen LogP contribution in [0.4, 0.5) is 0 Å². The molecule has 1 aliphatic rings. The van der Waals surface area contributed by atoms with Gasteiger partial charge in [0.2, 0.25) is 11.7 Å². The third kappa shape index (κ3) is 3.45. The number of furan rings is 1. The second-order valence-corrected chi connectivity index (χ2v) is 5.42. The van der Waals surface area contributed by atoms with Gasteiger partial charge >= 0.3 is 5.97 Å². The van der Waals surface area contributed by atoms with Crippen LogP contribution in [-0.2, 0) is 4.79 Å². The molecule has 20 heavy (non-hydrogen) atoms. The highest BCUT2D eigenvalue weighted by Gasteiger charge is 2.19. The van der Waals surface area contributed by atoms with Crippen LogP contribution in [0.2, 0.25) is 0 Å². The summed E-state index contributed by atoms with van der Waals surface area (Å²) < 4.78 is 5.11. The van der Waals surface area contributed by atoms with Crippen LogP contribution >= 0.6 is 11.8 Å². The van der Waals surface area contributed by atoms with Crippen LogP contribution in [0.5, 0.6) is 0 Å². The molecule has 0 saturated heterocycles. The fourth-order valence-corrected chi connectivity index (χ4v) is 2.90. The zero-order valence-electron chi connectivity index (χ0n) is 11.3. The molecule has 1 N–H and O–H groups in total. The van der Waals surface area contributed by atoms with E-state index in [1.54, 1.807) is 11.0 Å². The maximum Gasteiger partial charge on any atom is 0.371 e. The first-order chi connectivity index (χ1) is 9.61. The monoisotopic (exact) mass is 295 g/mol. The topological polar surface area (TPSA) is 70.8 Å². The lowest BCUT2D eigenvalue weighted by Crippen LogP contribution is -2.31. The lowest BCUT2D eigenvalue weighted by molar-refractivity contribution is -0.126. The summed E-state index contributed by atoms with van der Waals surface area (Å²) in [6.07, 6.45) is 5.20. The van der Waals surface area contributed by atoms with Crippen molar-refractivity contribution in [1.82, 2.24) is 4.90 Å². The van der Waals surface area contributed by atoms with Crippen LogP contribution in [-0.4, -0.2) is 34.2 Å². The Hall–Kier alpha value is -1.69. The highest BCUT2D eigenvalue weighted by atomic mass is 32.2. The van der Waals surface area contributed by atoms with Crippen molar-refractivity contribution in [3.8, 4) is 0 Å². The summed E-state index contributed by atoms with van der Waals surface area (Å²) in [4.78, 5) is 24.7. The van der Waals surface area contributed by atoms with Gasteiger partial charge in [0, 0.05) is 12.2 Å². The van der Waals surface area contributed by atoms with E-state index in [2.05, 4.69) is 6.08 Å². The minimum atomic E-state index is -1.10. The van der Waals surface area contributed by atoms with Gasteiger partial charge in [-0.05, 0) is 38.3 Å². The summed E-state index contributed by atoms with van der Waals surface area (Å²) in [6, 6.07) is 2.97. The minimum absolute atomic E-state index is 0.0268. The van der Waals surface area contributed by atoms with Gasteiger partial charge in [0.1, 0.15) is 0 Å². The van der Waals surface area contributed by atoms with E-state index in [9.17, 15) is 9.59 Å². The SMILES string of the molecule is CCN(C(=O)CSc1ccc(C(=O)O)o1)C1=CCCC1. The number of thioether (sulfide) groups is 1. The van der Waals surface area contributed by atoms with Crippen LogP contribution in [0.15, 0.2) is 33.4 Å². The smallest absolute Gasteiger partial charge is 0.371 e. The van der Waals surface area contributed by atoms with E-state index in [0.717, 1.165) is 25.0 Å². The van der Waals surface area contributed by atoms with Crippen LogP contribution < -0.4 is 0 Å². The van der Waals surface area contributed by atoms with Gasteiger partial charge in [0.25, 0.3) is 0 Å². The van der Waals surface area contributed by atoms with E-state index in [4.69, 9.17) is 9.52 Å². The predicted molar refractivity (Wildman–Crippen MR) is 75.7 cm³/mol. The number of hydrogen-bond acceptors (Lipinski definition) is 4. The molecule has 0 atom stereocenters. The Balaban J connectivity index is 1.91. The number of carboxylic acid groups (broad SMARTS) is 1. The molecular formula is C14H17NO4S. The molecule has 0 spiro atoms. The van der Waals surface area contributed by atoms with Crippen LogP contribution in [0.25, 0.3) is 0 Å². The first-order valence-corrected chi connectivity index (χ1v) is 7.55. The molecule has 0 saturated carbocycles. The number of nitrogens with zero attached hydrogens (tertiary/aromatic N) is 1. The number of carboxylic acids is 1. The van der Waals surface area contributed by atoms with Crippen molar-refractivity contribution in [3.63, 3.8) is 0 Å². The molecule has 1 aliphatic carbocycles. The molecule has 1 aromatic rings. The summed E-state index contributed by atoms with van der Waals surface area (Å²) >= 11 is 1.22. The molecule has 1 heterocycles. The van der Waals surface area contributed by atoms with Crippen molar-refractivity contribution >= 4 is 23.6 Å². The molecule has 0 unspecified atom stereocenters. The van der Waals surface area contributed by atoms with Gasteiger partial charge in [-0.15, -0.1) is 0 Å². The van der Waals surface area contributed by atoms with Gasteiger partial charge in [-0.3, -0.25) is 4.79 Å². The third-order valence-corrected chi connectivity index (χ3v) is 4.01. The Morgan fingerprint density at radius 2 is 2.25 bits per heavy atom. The molecule has 2 rings (SSSR count). The molecule has 0 fully saturated rings. The quantitative estimate of drug-likeness (QED) is 0.817. The molecule has 6 heteroatoms. The molecule has 0 aromatic carbocycles. The largest absolute Gasteiger partial charge is 0.475 e. The summed E-state index contributed by atoms with van der Waals surface area (Å²) in [5.41, 5.74) is 1.10. The lowest BCUT2D eigenvalue weighted by Gasteiger charge is -2.21. The zero-order valence-corrected chi connectivity index (χ0v) is 12.1. The van der Waals surface area contributed by atoms with Crippen molar-refractivity contribution in [2.75, 3.05) is 12.3 Å². The fourth-order valence-electron chi connectivity index (χ4n) is 2.16. The Kier molecular flexibility index (Phi) is 4.89. The number of allylic oxidation sites excluding steroid dienone is 2. The number of aromatic carboxylic acids is 1. The Labute approximate surface area is 121 Å². The number of carbonyl (C=O) groups is 2. The molecule has 0 radical (unpaired) electrons. The first kappa shape index (κ1) is 14.7. The lowest BCUT2D eigenvalue weighted by atomic mass is 10.3. The van der Waals surface area contributed by atoms with Crippen LogP contribution in [0.1, 0.15) is 36.7 Å². The molecular weight excluding hydrogens is 278 g/mol. The Morgan fingerprint density at radius 3 is 2.80 bits per heavy atom. The highest BCUT2D eigenvalue weighted by molar-refractivity contribution is 7.99. The van der Waals surface area contributed by atoms with Crippen molar-refractivity contribution in [1.29, 1.82) is 0 Å². The predicted octanol–water partition coefficient (Wildman–Crippen LogP) is 2.99. The number of carbonyl (C=O) groups excluding carboxylic acids is 1. The van der Waals surface area contributed by atoms with Gasteiger partial charge < -0.3 is 14.4 Å². The molecule has 5 nitrogen and oxygen atoms in total. The number of rotatable bonds is 6. The maximum absolute atomic E-state index is 12.2. The number of hydrogen-bond donors (Lipinski definition) is 1. The normalized spacial score (nSPS) is 14.2. The van der Waals surface area contributed by atoms with Crippen LogP contribution in [0, 0.1) is 0 Å². The average Bonchev–Trinajstić information content (AvgIpc) is 3.08. The summed E-state index contributed by atoms with van der Waals surface area (Å²) in [7, 11) is 0. The van der Waals surface area contributed by atoms with Crippen molar-refractivity contribution < 1.29 is 19.1 Å². The molecule has 0 aliphatic heterocycles. The number of amides is 1. The van der Waals surface area contributed by atoms with E-state index < -0.39 is 5.97 Å². The van der Waals surface area contributed by atoms with Crippen molar-refractivity contribution in [3.05, 3.63) is 29.7 Å². The summed E-state index contributed by atoms with van der Waals surface area (Å²) in [5.74, 6) is -0.934. The Morgan fingerprint density at radius 1 is 1.45 bits per heavy atom.